The number of carbonyl (C=O) groups is 3. The van der Waals surface area contributed by atoms with Crippen LogP contribution in [0.15, 0.2) is 84.0 Å². The van der Waals surface area contributed by atoms with Crippen LogP contribution in [0, 0.1) is 0 Å². The third-order valence-corrected chi connectivity index (χ3v) is 4.57. The Morgan fingerprint density at radius 2 is 1.57 bits per heavy atom. The first-order valence-electron chi connectivity index (χ1n) is 10.9. The van der Waals surface area contributed by atoms with E-state index in [1.807, 2.05) is 55.5 Å². The number of benzene rings is 3. The highest BCUT2D eigenvalue weighted by Gasteiger charge is 2.12. The van der Waals surface area contributed by atoms with E-state index in [-0.39, 0.29) is 19.1 Å². The van der Waals surface area contributed by atoms with Gasteiger partial charge in [-0.2, -0.15) is 5.10 Å². The molecule has 9 nitrogen and oxygen atoms in total. The molecule has 0 aliphatic rings. The van der Waals surface area contributed by atoms with Crippen molar-refractivity contribution in [1.29, 1.82) is 0 Å². The molecule has 3 N–H and O–H groups in total. The van der Waals surface area contributed by atoms with Gasteiger partial charge in [-0.25, -0.2) is 5.43 Å². The summed E-state index contributed by atoms with van der Waals surface area (Å²) in [7, 11) is 0. The average Bonchev–Trinajstić information content (AvgIpc) is 2.88. The van der Waals surface area contributed by atoms with Crippen LogP contribution < -0.4 is 25.5 Å². The molecule has 0 heterocycles. The SMILES string of the molecule is CCOc1cc(/C=N\NC(=O)C(=O)NCc2ccccc2)ccc1OCC(=O)Nc1ccccc1. The van der Waals surface area contributed by atoms with Crippen molar-refractivity contribution in [2.45, 2.75) is 13.5 Å². The van der Waals surface area contributed by atoms with Crippen molar-refractivity contribution in [2.24, 2.45) is 5.10 Å². The summed E-state index contributed by atoms with van der Waals surface area (Å²) in [5.74, 6) is -1.19. The van der Waals surface area contributed by atoms with Gasteiger partial charge < -0.3 is 20.1 Å². The van der Waals surface area contributed by atoms with Crippen LogP contribution in [0.3, 0.4) is 0 Å². The molecule has 0 fully saturated rings. The highest BCUT2D eigenvalue weighted by atomic mass is 16.5. The van der Waals surface area contributed by atoms with Crippen molar-refractivity contribution < 1.29 is 23.9 Å². The molecular weight excluding hydrogens is 448 g/mol. The molecule has 0 atom stereocenters. The van der Waals surface area contributed by atoms with Gasteiger partial charge in [0.1, 0.15) is 0 Å². The summed E-state index contributed by atoms with van der Waals surface area (Å²) >= 11 is 0. The monoisotopic (exact) mass is 474 g/mol. The Labute approximate surface area is 203 Å². The molecule has 0 aliphatic heterocycles. The van der Waals surface area contributed by atoms with Crippen LogP contribution in [-0.2, 0) is 20.9 Å². The van der Waals surface area contributed by atoms with E-state index in [1.54, 1.807) is 30.3 Å². The first-order chi connectivity index (χ1) is 17.0. The molecule has 3 amide bonds. The fraction of sp³-hybridized carbons (Fsp3) is 0.154. The van der Waals surface area contributed by atoms with E-state index in [1.165, 1.54) is 6.21 Å². The molecule has 3 aromatic rings. The van der Waals surface area contributed by atoms with Crippen molar-refractivity contribution in [3.63, 3.8) is 0 Å². The second-order valence-corrected chi connectivity index (χ2v) is 7.21. The lowest BCUT2D eigenvalue weighted by Gasteiger charge is -2.12. The largest absolute Gasteiger partial charge is 0.490 e. The van der Waals surface area contributed by atoms with Crippen LogP contribution in [0.25, 0.3) is 0 Å². The molecule has 0 spiro atoms. The standard InChI is InChI=1S/C26H26N4O5/c1-2-34-23-15-20(13-14-22(23)35-18-24(31)29-21-11-7-4-8-12-21)17-28-30-26(33)25(32)27-16-19-9-5-3-6-10-19/h3-15,17H,2,16,18H2,1H3,(H,27,32)(H,29,31)(H,30,33)/b28-17-. The summed E-state index contributed by atoms with van der Waals surface area (Å²) in [6.07, 6.45) is 1.37. The van der Waals surface area contributed by atoms with Gasteiger partial charge in [0.15, 0.2) is 18.1 Å². The van der Waals surface area contributed by atoms with Gasteiger partial charge in [-0.3, -0.25) is 14.4 Å². The van der Waals surface area contributed by atoms with Crippen molar-refractivity contribution in [3.05, 3.63) is 90.0 Å². The Kier molecular flexibility index (Phi) is 9.38. The smallest absolute Gasteiger partial charge is 0.329 e. The second-order valence-electron chi connectivity index (χ2n) is 7.21. The van der Waals surface area contributed by atoms with Gasteiger partial charge in [0.25, 0.3) is 5.91 Å². The third-order valence-electron chi connectivity index (χ3n) is 4.57. The Hall–Kier alpha value is -4.66. The van der Waals surface area contributed by atoms with E-state index >= 15 is 0 Å². The molecule has 0 saturated carbocycles. The van der Waals surface area contributed by atoms with Gasteiger partial charge >= 0.3 is 11.8 Å². The summed E-state index contributed by atoms with van der Waals surface area (Å²) in [6, 6.07) is 23.3. The predicted molar refractivity (Wildman–Crippen MR) is 132 cm³/mol. The van der Waals surface area contributed by atoms with E-state index in [9.17, 15) is 14.4 Å². The fourth-order valence-electron chi connectivity index (χ4n) is 2.93. The molecule has 0 saturated heterocycles. The van der Waals surface area contributed by atoms with Gasteiger partial charge in [-0.15, -0.1) is 0 Å². The minimum Gasteiger partial charge on any atom is -0.490 e. The topological polar surface area (TPSA) is 118 Å². The number of hydrogen-bond donors (Lipinski definition) is 3. The van der Waals surface area contributed by atoms with Crippen molar-refractivity contribution >= 4 is 29.6 Å². The van der Waals surface area contributed by atoms with Crippen molar-refractivity contribution in [2.75, 3.05) is 18.5 Å². The lowest BCUT2D eigenvalue weighted by molar-refractivity contribution is -0.139. The average molecular weight is 475 g/mol. The number of para-hydroxylation sites is 1. The maximum Gasteiger partial charge on any atom is 0.329 e. The van der Waals surface area contributed by atoms with E-state index in [4.69, 9.17) is 9.47 Å². The maximum absolute atomic E-state index is 12.1. The molecule has 35 heavy (non-hydrogen) atoms. The van der Waals surface area contributed by atoms with Crippen molar-refractivity contribution in [3.8, 4) is 11.5 Å². The predicted octanol–water partition coefficient (Wildman–Crippen LogP) is 2.87. The Morgan fingerprint density at radius 3 is 2.29 bits per heavy atom. The molecule has 0 aromatic heterocycles. The zero-order valence-electron chi connectivity index (χ0n) is 19.2. The quantitative estimate of drug-likeness (QED) is 0.237. The number of hydrogen-bond acceptors (Lipinski definition) is 6. The van der Waals surface area contributed by atoms with Crippen LogP contribution in [0.1, 0.15) is 18.1 Å². The molecule has 9 heteroatoms. The number of nitrogens with zero attached hydrogens (tertiary/aromatic N) is 1. The summed E-state index contributed by atoms with van der Waals surface area (Å²) in [5, 5.41) is 9.09. The molecule has 3 rings (SSSR count). The molecule has 0 aliphatic carbocycles. The maximum atomic E-state index is 12.1. The molecular formula is C26H26N4O5. The number of anilines is 1. The molecule has 180 valence electrons. The van der Waals surface area contributed by atoms with E-state index in [2.05, 4.69) is 21.2 Å². The van der Waals surface area contributed by atoms with Crippen LogP contribution in [0.5, 0.6) is 11.5 Å². The lowest BCUT2D eigenvalue weighted by Crippen LogP contribution is -2.37. The number of amides is 3. The highest BCUT2D eigenvalue weighted by molar-refractivity contribution is 6.35. The summed E-state index contributed by atoms with van der Waals surface area (Å²) < 4.78 is 11.2. The van der Waals surface area contributed by atoms with Crippen LogP contribution >= 0.6 is 0 Å². The summed E-state index contributed by atoms with van der Waals surface area (Å²) in [5.41, 5.74) is 4.34. The van der Waals surface area contributed by atoms with E-state index in [0.717, 1.165) is 5.56 Å². The fourth-order valence-corrected chi connectivity index (χ4v) is 2.93. The molecule has 0 bridgehead atoms. The van der Waals surface area contributed by atoms with Gasteiger partial charge in [-0.05, 0) is 48.4 Å². The Morgan fingerprint density at radius 1 is 0.857 bits per heavy atom. The molecule has 0 unspecified atom stereocenters. The zero-order valence-corrected chi connectivity index (χ0v) is 19.2. The zero-order chi connectivity index (χ0) is 24.9. The van der Waals surface area contributed by atoms with E-state index < -0.39 is 11.8 Å². The third kappa shape index (κ3) is 8.32. The van der Waals surface area contributed by atoms with E-state index in [0.29, 0.717) is 29.4 Å². The number of ether oxygens (including phenoxy) is 2. The minimum atomic E-state index is -0.883. The number of nitrogens with one attached hydrogen (secondary N) is 3. The Bertz CT molecular complexity index is 1170. The molecule has 3 aromatic carbocycles. The van der Waals surface area contributed by atoms with Gasteiger partial charge in [0.05, 0.1) is 12.8 Å². The number of hydrazone groups is 1. The normalized spacial score (nSPS) is 10.4. The van der Waals surface area contributed by atoms with Crippen LogP contribution in [0.4, 0.5) is 5.69 Å². The summed E-state index contributed by atoms with van der Waals surface area (Å²) in [4.78, 5) is 36.0. The second kappa shape index (κ2) is 13.1. The van der Waals surface area contributed by atoms with Gasteiger partial charge in [0, 0.05) is 12.2 Å². The lowest BCUT2D eigenvalue weighted by atomic mass is 10.2. The van der Waals surface area contributed by atoms with Crippen LogP contribution in [-0.4, -0.2) is 37.1 Å². The highest BCUT2D eigenvalue weighted by Crippen LogP contribution is 2.28. The van der Waals surface area contributed by atoms with Gasteiger partial charge in [-0.1, -0.05) is 48.5 Å². The molecule has 0 radical (unpaired) electrons. The van der Waals surface area contributed by atoms with Crippen LogP contribution in [0.2, 0.25) is 0 Å². The Balaban J connectivity index is 1.51. The number of carbonyl (C=O) groups excluding carboxylic acids is 3. The number of rotatable bonds is 10. The van der Waals surface area contributed by atoms with Gasteiger partial charge in [0.2, 0.25) is 0 Å². The summed E-state index contributed by atoms with van der Waals surface area (Å²) in [6.45, 7) is 2.24. The minimum absolute atomic E-state index is 0.198. The first-order valence-corrected chi connectivity index (χ1v) is 10.9. The van der Waals surface area contributed by atoms with Crippen molar-refractivity contribution in [1.82, 2.24) is 10.7 Å². The first kappa shape index (κ1) is 25.0.